The second-order valence-electron chi connectivity index (χ2n) is 4.40. The number of nitrogens with one attached hydrogen (secondary N) is 1. The van der Waals surface area contributed by atoms with Crippen LogP contribution in [-0.4, -0.2) is 44.5 Å². The van der Waals surface area contributed by atoms with Crippen LogP contribution in [0.25, 0.3) is 0 Å². The molecule has 3 N–H and O–H groups in total. The lowest BCUT2D eigenvalue weighted by Crippen LogP contribution is -2.37. The molecule has 1 aliphatic carbocycles. The number of nitrogens with zero attached hydrogens (tertiary/aromatic N) is 1. The number of rotatable bonds is 6. The maximum Gasteiger partial charge on any atom is 0.227 e. The Balaban J connectivity index is 2.10. The summed E-state index contributed by atoms with van der Waals surface area (Å²) in [5.74, 6) is 0.152. The summed E-state index contributed by atoms with van der Waals surface area (Å²) in [5, 5.41) is 2.95. The molecule has 82 valence electrons. The largest absolute Gasteiger partial charge is 0.356 e. The maximum absolute atomic E-state index is 11.6. The predicted molar refractivity (Wildman–Crippen MR) is 56.9 cm³/mol. The zero-order chi connectivity index (χ0) is 10.6. The molecular formula is C10H21N3O. The van der Waals surface area contributed by atoms with Crippen molar-refractivity contribution in [2.24, 2.45) is 11.1 Å². The highest BCUT2D eigenvalue weighted by atomic mass is 16.2. The summed E-state index contributed by atoms with van der Waals surface area (Å²) in [6.45, 7) is 2.27. The third-order valence-electron chi connectivity index (χ3n) is 2.79. The van der Waals surface area contributed by atoms with Crippen LogP contribution in [0.2, 0.25) is 0 Å². The molecule has 0 aromatic heterocycles. The van der Waals surface area contributed by atoms with Gasteiger partial charge in [-0.1, -0.05) is 0 Å². The minimum Gasteiger partial charge on any atom is -0.356 e. The number of nitrogens with two attached hydrogens (primary N) is 1. The molecule has 0 aliphatic heterocycles. The Morgan fingerprint density at radius 1 is 1.50 bits per heavy atom. The Bertz CT molecular complexity index is 200. The van der Waals surface area contributed by atoms with Crippen molar-refractivity contribution in [3.05, 3.63) is 0 Å². The summed E-state index contributed by atoms with van der Waals surface area (Å²) in [7, 11) is 4.06. The Kier molecular flexibility index (Phi) is 3.89. The minimum absolute atomic E-state index is 0.152. The molecule has 1 aliphatic rings. The molecule has 14 heavy (non-hydrogen) atoms. The maximum atomic E-state index is 11.6. The van der Waals surface area contributed by atoms with E-state index in [1.807, 2.05) is 14.1 Å². The lowest BCUT2D eigenvalue weighted by atomic mass is 10.1. The standard InChI is InChI=1S/C10H21N3O/c1-13(2)7-3-6-12-9(14)10(8-11)4-5-10/h3-8,11H2,1-2H3,(H,12,14). The van der Waals surface area contributed by atoms with Gasteiger partial charge in [0.15, 0.2) is 0 Å². The molecule has 1 saturated carbocycles. The van der Waals surface area contributed by atoms with Crippen molar-refractivity contribution in [3.63, 3.8) is 0 Å². The van der Waals surface area contributed by atoms with Crippen LogP contribution in [-0.2, 0) is 4.79 Å². The summed E-state index contributed by atoms with van der Waals surface area (Å²) in [5.41, 5.74) is 5.36. The number of hydrogen-bond acceptors (Lipinski definition) is 3. The van der Waals surface area contributed by atoms with Crippen LogP contribution in [0.4, 0.5) is 0 Å². The van der Waals surface area contributed by atoms with Gasteiger partial charge in [-0.3, -0.25) is 4.79 Å². The van der Waals surface area contributed by atoms with Gasteiger partial charge in [0.2, 0.25) is 5.91 Å². The minimum atomic E-state index is -0.196. The van der Waals surface area contributed by atoms with Crippen molar-refractivity contribution in [2.45, 2.75) is 19.3 Å². The van der Waals surface area contributed by atoms with Gasteiger partial charge in [0.05, 0.1) is 5.41 Å². The van der Waals surface area contributed by atoms with E-state index in [2.05, 4.69) is 10.2 Å². The molecule has 4 heteroatoms. The molecule has 1 fully saturated rings. The molecule has 0 aromatic carbocycles. The van der Waals surface area contributed by atoms with Crippen LogP contribution >= 0.6 is 0 Å². The Morgan fingerprint density at radius 3 is 2.57 bits per heavy atom. The van der Waals surface area contributed by atoms with E-state index in [-0.39, 0.29) is 11.3 Å². The van der Waals surface area contributed by atoms with Gasteiger partial charge < -0.3 is 16.0 Å². The van der Waals surface area contributed by atoms with Crippen molar-refractivity contribution in [3.8, 4) is 0 Å². The number of amides is 1. The number of hydrogen-bond donors (Lipinski definition) is 2. The predicted octanol–water partition coefficient (Wildman–Crippen LogP) is -0.207. The first-order chi connectivity index (χ1) is 6.60. The van der Waals surface area contributed by atoms with Crippen LogP contribution in [0.1, 0.15) is 19.3 Å². The van der Waals surface area contributed by atoms with Crippen LogP contribution in [0.5, 0.6) is 0 Å². The fraction of sp³-hybridized carbons (Fsp3) is 0.900. The monoisotopic (exact) mass is 199 g/mol. The summed E-state index contributed by atoms with van der Waals surface area (Å²) in [6, 6.07) is 0. The molecule has 0 spiro atoms. The highest BCUT2D eigenvalue weighted by Gasteiger charge is 2.48. The van der Waals surface area contributed by atoms with Crippen molar-refractivity contribution >= 4 is 5.91 Å². The topological polar surface area (TPSA) is 58.4 Å². The normalized spacial score (nSPS) is 18.3. The van der Waals surface area contributed by atoms with Crippen molar-refractivity contribution in [1.29, 1.82) is 0 Å². The van der Waals surface area contributed by atoms with Crippen molar-refractivity contribution < 1.29 is 4.79 Å². The van der Waals surface area contributed by atoms with Gasteiger partial charge >= 0.3 is 0 Å². The zero-order valence-electron chi connectivity index (χ0n) is 9.18. The molecule has 1 amide bonds. The number of carbonyl (C=O) groups is 1. The van der Waals surface area contributed by atoms with Gasteiger partial charge in [-0.25, -0.2) is 0 Å². The van der Waals surface area contributed by atoms with Crippen LogP contribution < -0.4 is 11.1 Å². The number of carbonyl (C=O) groups excluding carboxylic acids is 1. The first-order valence-corrected chi connectivity index (χ1v) is 5.24. The molecular weight excluding hydrogens is 178 g/mol. The van der Waals surface area contributed by atoms with Crippen LogP contribution in [0.15, 0.2) is 0 Å². The molecule has 0 radical (unpaired) electrons. The summed E-state index contributed by atoms with van der Waals surface area (Å²) < 4.78 is 0. The van der Waals surface area contributed by atoms with Gasteiger partial charge in [-0.2, -0.15) is 0 Å². The highest BCUT2D eigenvalue weighted by molar-refractivity contribution is 5.85. The van der Waals surface area contributed by atoms with E-state index in [0.29, 0.717) is 6.54 Å². The highest BCUT2D eigenvalue weighted by Crippen LogP contribution is 2.44. The van der Waals surface area contributed by atoms with E-state index in [0.717, 1.165) is 32.4 Å². The SMILES string of the molecule is CN(C)CCCNC(=O)C1(CN)CC1. The first-order valence-electron chi connectivity index (χ1n) is 5.24. The van der Waals surface area contributed by atoms with Crippen molar-refractivity contribution in [1.82, 2.24) is 10.2 Å². The molecule has 4 nitrogen and oxygen atoms in total. The molecule has 0 aromatic rings. The molecule has 0 atom stereocenters. The fourth-order valence-corrected chi connectivity index (χ4v) is 1.46. The van der Waals surface area contributed by atoms with Crippen LogP contribution in [0.3, 0.4) is 0 Å². The van der Waals surface area contributed by atoms with E-state index in [1.165, 1.54) is 0 Å². The summed E-state index contributed by atoms with van der Waals surface area (Å²) in [6.07, 6.45) is 2.92. The van der Waals surface area contributed by atoms with E-state index in [9.17, 15) is 4.79 Å². The Labute approximate surface area is 85.8 Å². The van der Waals surface area contributed by atoms with Gasteiger partial charge in [-0.05, 0) is 39.9 Å². The van der Waals surface area contributed by atoms with Gasteiger partial charge in [0.1, 0.15) is 0 Å². The zero-order valence-corrected chi connectivity index (χ0v) is 9.18. The Morgan fingerprint density at radius 2 is 2.14 bits per heavy atom. The molecule has 0 saturated heterocycles. The van der Waals surface area contributed by atoms with Gasteiger partial charge in [0.25, 0.3) is 0 Å². The first kappa shape index (κ1) is 11.5. The average Bonchev–Trinajstić information content (AvgIpc) is 2.92. The molecule has 1 rings (SSSR count). The second-order valence-corrected chi connectivity index (χ2v) is 4.40. The van der Waals surface area contributed by atoms with E-state index in [4.69, 9.17) is 5.73 Å². The van der Waals surface area contributed by atoms with E-state index in [1.54, 1.807) is 0 Å². The van der Waals surface area contributed by atoms with Crippen molar-refractivity contribution in [2.75, 3.05) is 33.7 Å². The van der Waals surface area contributed by atoms with E-state index >= 15 is 0 Å². The Hall–Kier alpha value is -0.610. The average molecular weight is 199 g/mol. The lowest BCUT2D eigenvalue weighted by Gasteiger charge is -2.14. The molecule has 0 unspecified atom stereocenters. The third-order valence-corrected chi connectivity index (χ3v) is 2.79. The summed E-state index contributed by atoms with van der Waals surface area (Å²) >= 11 is 0. The summed E-state index contributed by atoms with van der Waals surface area (Å²) in [4.78, 5) is 13.7. The van der Waals surface area contributed by atoms with Gasteiger partial charge in [0, 0.05) is 13.1 Å². The molecule has 0 bridgehead atoms. The van der Waals surface area contributed by atoms with Crippen LogP contribution in [0, 0.1) is 5.41 Å². The third kappa shape index (κ3) is 2.96. The lowest BCUT2D eigenvalue weighted by molar-refractivity contribution is -0.125. The fourth-order valence-electron chi connectivity index (χ4n) is 1.46. The smallest absolute Gasteiger partial charge is 0.227 e. The van der Waals surface area contributed by atoms with E-state index < -0.39 is 0 Å². The second kappa shape index (κ2) is 4.75. The van der Waals surface area contributed by atoms with Gasteiger partial charge in [-0.15, -0.1) is 0 Å². The molecule has 0 heterocycles. The quantitative estimate of drug-likeness (QED) is 0.582.